The van der Waals surface area contributed by atoms with Gasteiger partial charge in [-0.1, -0.05) is 91.3 Å². The number of carbonyl (C=O) groups excluding carboxylic acids is 2. The van der Waals surface area contributed by atoms with E-state index in [9.17, 15) is 18.0 Å². The normalized spacial score (nSPS) is 14.6. The van der Waals surface area contributed by atoms with Crippen molar-refractivity contribution in [2.24, 2.45) is 0 Å². The van der Waals surface area contributed by atoms with Crippen LogP contribution in [0.15, 0.2) is 71.6 Å². The molecule has 4 rings (SSSR count). The van der Waals surface area contributed by atoms with Crippen molar-refractivity contribution in [3.63, 3.8) is 0 Å². The fourth-order valence-electron chi connectivity index (χ4n) is 5.30. The molecule has 1 fully saturated rings. The summed E-state index contributed by atoms with van der Waals surface area (Å²) in [5, 5.41) is 4.16. The van der Waals surface area contributed by atoms with Crippen LogP contribution in [0, 0.1) is 6.92 Å². The standard InChI is InChI=1S/C32H36Cl3N3O4S/c1-3-30(32(40)36-23-11-6-4-7-12-23)37(20-26-27(33)15-10-16-28(26)34)31(39)21-38(24-18-17-22(2)29(35)19-24)43(41,42)25-13-8-5-9-14-25/h5,8-10,13-19,23,30H,3-4,6-7,11-12,20-21H2,1-2H3,(H,36,40)/t30-/m1/s1. The summed E-state index contributed by atoms with van der Waals surface area (Å²) in [6.45, 7) is 2.96. The largest absolute Gasteiger partial charge is 0.352 e. The van der Waals surface area contributed by atoms with E-state index in [1.807, 2.05) is 6.92 Å². The minimum absolute atomic E-state index is 0.0160. The molecular weight excluding hydrogens is 629 g/mol. The SMILES string of the molecule is CC[C@H](C(=O)NC1CCCCC1)N(Cc1c(Cl)cccc1Cl)C(=O)CN(c1ccc(C)c(Cl)c1)S(=O)(=O)c1ccccc1. The van der Waals surface area contributed by atoms with Gasteiger partial charge >= 0.3 is 0 Å². The highest BCUT2D eigenvalue weighted by Crippen LogP contribution is 2.30. The van der Waals surface area contributed by atoms with Crippen LogP contribution in [-0.2, 0) is 26.2 Å². The Hall–Kier alpha value is -2.78. The van der Waals surface area contributed by atoms with Gasteiger partial charge in [0.05, 0.1) is 10.6 Å². The average Bonchev–Trinajstić information content (AvgIpc) is 2.99. The van der Waals surface area contributed by atoms with Crippen LogP contribution in [0.3, 0.4) is 0 Å². The minimum Gasteiger partial charge on any atom is -0.352 e. The summed E-state index contributed by atoms with van der Waals surface area (Å²) < 4.78 is 29.0. The van der Waals surface area contributed by atoms with Gasteiger partial charge in [-0.2, -0.15) is 0 Å². The van der Waals surface area contributed by atoms with E-state index in [-0.39, 0.29) is 29.1 Å². The third kappa shape index (κ3) is 8.04. The quantitative estimate of drug-likeness (QED) is 0.231. The van der Waals surface area contributed by atoms with Gasteiger partial charge in [0.1, 0.15) is 12.6 Å². The van der Waals surface area contributed by atoms with E-state index in [4.69, 9.17) is 34.8 Å². The first-order chi connectivity index (χ1) is 20.5. The van der Waals surface area contributed by atoms with Crippen LogP contribution in [0.25, 0.3) is 0 Å². The third-order valence-corrected chi connectivity index (χ3v) is 10.7. The molecule has 0 heterocycles. The lowest BCUT2D eigenvalue weighted by Crippen LogP contribution is -2.54. The van der Waals surface area contributed by atoms with Crippen molar-refractivity contribution >= 4 is 62.3 Å². The number of nitrogens with zero attached hydrogens (tertiary/aromatic N) is 2. The Bertz CT molecular complexity index is 1530. The Morgan fingerprint density at radius 1 is 0.907 bits per heavy atom. The molecule has 3 aromatic carbocycles. The Morgan fingerprint density at radius 2 is 1.56 bits per heavy atom. The minimum atomic E-state index is -4.20. The van der Waals surface area contributed by atoms with E-state index >= 15 is 0 Å². The van der Waals surface area contributed by atoms with Gasteiger partial charge < -0.3 is 10.2 Å². The molecule has 1 atom stereocenters. The highest BCUT2D eigenvalue weighted by Gasteiger charge is 2.35. The molecule has 1 N–H and O–H groups in total. The Labute approximate surface area is 269 Å². The zero-order valence-corrected chi connectivity index (χ0v) is 27.3. The fraction of sp³-hybridized carbons (Fsp3) is 0.375. The molecule has 43 heavy (non-hydrogen) atoms. The summed E-state index contributed by atoms with van der Waals surface area (Å²) in [6, 6.07) is 16.9. The van der Waals surface area contributed by atoms with Gasteiger partial charge in [0, 0.05) is 33.2 Å². The fourth-order valence-corrected chi connectivity index (χ4v) is 7.42. The maximum absolute atomic E-state index is 14.3. The number of hydrogen-bond donors (Lipinski definition) is 1. The summed E-state index contributed by atoms with van der Waals surface area (Å²) in [5.41, 5.74) is 1.46. The van der Waals surface area contributed by atoms with Gasteiger partial charge in [0.25, 0.3) is 10.0 Å². The molecule has 1 aliphatic carbocycles. The van der Waals surface area contributed by atoms with Crippen molar-refractivity contribution < 1.29 is 18.0 Å². The molecule has 2 amide bonds. The van der Waals surface area contributed by atoms with Gasteiger partial charge in [-0.25, -0.2) is 8.42 Å². The van der Waals surface area contributed by atoms with Crippen LogP contribution in [-0.4, -0.2) is 43.8 Å². The van der Waals surface area contributed by atoms with Crippen LogP contribution < -0.4 is 9.62 Å². The molecule has 0 spiro atoms. The van der Waals surface area contributed by atoms with E-state index in [0.29, 0.717) is 27.1 Å². The van der Waals surface area contributed by atoms with E-state index in [2.05, 4.69) is 5.32 Å². The Balaban J connectivity index is 1.75. The molecule has 0 unspecified atom stereocenters. The second-order valence-electron chi connectivity index (χ2n) is 10.7. The predicted molar refractivity (Wildman–Crippen MR) is 173 cm³/mol. The number of benzene rings is 3. The lowest BCUT2D eigenvalue weighted by Gasteiger charge is -2.35. The smallest absolute Gasteiger partial charge is 0.264 e. The maximum Gasteiger partial charge on any atom is 0.264 e. The first-order valence-corrected chi connectivity index (χ1v) is 17.0. The predicted octanol–water partition coefficient (Wildman–Crippen LogP) is 7.41. The summed E-state index contributed by atoms with van der Waals surface area (Å²) in [4.78, 5) is 29.4. The molecule has 11 heteroatoms. The number of halogens is 3. The molecule has 7 nitrogen and oxygen atoms in total. The zero-order valence-electron chi connectivity index (χ0n) is 24.2. The molecule has 230 valence electrons. The van der Waals surface area contributed by atoms with Crippen LogP contribution >= 0.6 is 34.8 Å². The molecular formula is C32H36Cl3N3O4S. The van der Waals surface area contributed by atoms with E-state index < -0.39 is 28.5 Å². The second-order valence-corrected chi connectivity index (χ2v) is 13.8. The van der Waals surface area contributed by atoms with Gasteiger partial charge in [-0.3, -0.25) is 13.9 Å². The van der Waals surface area contributed by atoms with Gasteiger partial charge in [-0.05, 0) is 68.1 Å². The number of amides is 2. The molecule has 0 aromatic heterocycles. The molecule has 0 aliphatic heterocycles. The molecule has 0 bridgehead atoms. The lowest BCUT2D eigenvalue weighted by atomic mass is 9.95. The average molecular weight is 665 g/mol. The van der Waals surface area contributed by atoms with Crippen molar-refractivity contribution in [3.05, 3.63) is 92.9 Å². The van der Waals surface area contributed by atoms with Crippen molar-refractivity contribution in [2.75, 3.05) is 10.8 Å². The summed E-state index contributed by atoms with van der Waals surface area (Å²) in [7, 11) is -4.20. The van der Waals surface area contributed by atoms with Gasteiger partial charge in [0.2, 0.25) is 11.8 Å². The Kier molecular flexibility index (Phi) is 11.4. The first-order valence-electron chi connectivity index (χ1n) is 14.4. The summed E-state index contributed by atoms with van der Waals surface area (Å²) in [5.74, 6) is -0.875. The van der Waals surface area contributed by atoms with E-state index in [0.717, 1.165) is 42.0 Å². The highest BCUT2D eigenvalue weighted by atomic mass is 35.5. The second kappa shape index (κ2) is 14.8. The molecule has 1 saturated carbocycles. The monoisotopic (exact) mass is 663 g/mol. The maximum atomic E-state index is 14.3. The third-order valence-electron chi connectivity index (χ3n) is 7.78. The topological polar surface area (TPSA) is 86.8 Å². The number of nitrogens with one attached hydrogen (secondary N) is 1. The number of hydrogen-bond acceptors (Lipinski definition) is 4. The molecule has 1 aliphatic rings. The number of carbonyl (C=O) groups is 2. The van der Waals surface area contributed by atoms with Crippen molar-refractivity contribution in [3.8, 4) is 0 Å². The zero-order chi connectivity index (χ0) is 31.1. The first kappa shape index (κ1) is 33.1. The van der Waals surface area contributed by atoms with E-state index in [1.165, 1.54) is 23.1 Å². The lowest BCUT2D eigenvalue weighted by molar-refractivity contribution is -0.140. The number of rotatable bonds is 11. The van der Waals surface area contributed by atoms with Crippen molar-refractivity contribution in [1.82, 2.24) is 10.2 Å². The number of aryl methyl sites for hydroxylation is 1. The van der Waals surface area contributed by atoms with Crippen LogP contribution in [0.2, 0.25) is 15.1 Å². The van der Waals surface area contributed by atoms with E-state index in [1.54, 1.807) is 55.5 Å². The van der Waals surface area contributed by atoms with Crippen molar-refractivity contribution in [2.45, 2.75) is 75.9 Å². The molecule has 3 aromatic rings. The van der Waals surface area contributed by atoms with Crippen LogP contribution in [0.1, 0.15) is 56.6 Å². The number of anilines is 1. The number of sulfonamides is 1. The highest BCUT2D eigenvalue weighted by molar-refractivity contribution is 7.92. The summed E-state index contributed by atoms with van der Waals surface area (Å²) in [6.07, 6.45) is 5.26. The van der Waals surface area contributed by atoms with Crippen molar-refractivity contribution in [1.29, 1.82) is 0 Å². The molecule has 0 radical (unpaired) electrons. The Morgan fingerprint density at radius 3 is 2.16 bits per heavy atom. The van der Waals surface area contributed by atoms with Gasteiger partial charge in [0.15, 0.2) is 0 Å². The van der Waals surface area contributed by atoms with Gasteiger partial charge in [-0.15, -0.1) is 0 Å². The summed E-state index contributed by atoms with van der Waals surface area (Å²) >= 11 is 19.4. The van der Waals surface area contributed by atoms with Crippen LogP contribution in [0.5, 0.6) is 0 Å². The van der Waals surface area contributed by atoms with Crippen LogP contribution in [0.4, 0.5) is 5.69 Å². The molecule has 0 saturated heterocycles.